The van der Waals surface area contributed by atoms with Gasteiger partial charge in [-0.1, -0.05) is 13.3 Å². The smallest absolute Gasteiger partial charge is 0.338 e. The first-order valence-electron chi connectivity index (χ1n) is 6.26. The molecule has 1 aliphatic heterocycles. The van der Waals surface area contributed by atoms with E-state index >= 15 is 0 Å². The number of nitrogens with zero attached hydrogens (tertiary/aromatic N) is 2. The zero-order chi connectivity index (χ0) is 13.1. The number of piperidine rings is 1. The van der Waals surface area contributed by atoms with Crippen LogP contribution in [0.25, 0.3) is 0 Å². The number of rotatable bonds is 3. The third-order valence-corrected chi connectivity index (χ3v) is 3.50. The topological polar surface area (TPSA) is 53.4 Å². The Morgan fingerprint density at radius 3 is 3.11 bits per heavy atom. The molecular weight excluding hydrogens is 235 g/mol. The highest BCUT2D eigenvalue weighted by atomic mass is 19.1. The van der Waals surface area contributed by atoms with Gasteiger partial charge in [0.2, 0.25) is 0 Å². The van der Waals surface area contributed by atoms with Crippen LogP contribution >= 0.6 is 0 Å². The van der Waals surface area contributed by atoms with E-state index in [9.17, 15) is 9.18 Å². The number of pyridine rings is 1. The largest absolute Gasteiger partial charge is 0.478 e. The van der Waals surface area contributed by atoms with Crippen LogP contribution in [0.3, 0.4) is 0 Å². The maximum Gasteiger partial charge on any atom is 0.338 e. The molecule has 0 spiro atoms. The summed E-state index contributed by atoms with van der Waals surface area (Å²) in [6, 6.07) is 1.20. The van der Waals surface area contributed by atoms with Crippen molar-refractivity contribution in [3.63, 3.8) is 0 Å². The molecule has 0 radical (unpaired) electrons. The van der Waals surface area contributed by atoms with Gasteiger partial charge >= 0.3 is 5.97 Å². The highest BCUT2D eigenvalue weighted by Crippen LogP contribution is 2.26. The molecule has 0 aliphatic carbocycles. The molecule has 18 heavy (non-hydrogen) atoms. The van der Waals surface area contributed by atoms with E-state index in [1.807, 2.05) is 4.90 Å². The average Bonchev–Trinajstić information content (AvgIpc) is 2.38. The number of carbonyl (C=O) groups is 1. The summed E-state index contributed by atoms with van der Waals surface area (Å²) in [6.07, 6.45) is 4.55. The lowest BCUT2D eigenvalue weighted by molar-refractivity contribution is 0.0691. The van der Waals surface area contributed by atoms with Crippen LogP contribution in [0.1, 0.15) is 36.5 Å². The zero-order valence-electron chi connectivity index (χ0n) is 10.4. The Kier molecular flexibility index (Phi) is 3.79. The first-order valence-corrected chi connectivity index (χ1v) is 6.26. The van der Waals surface area contributed by atoms with E-state index < -0.39 is 11.8 Å². The first kappa shape index (κ1) is 12.8. The molecule has 1 fully saturated rings. The van der Waals surface area contributed by atoms with Gasteiger partial charge in [0, 0.05) is 19.3 Å². The van der Waals surface area contributed by atoms with Crippen molar-refractivity contribution in [2.45, 2.75) is 26.2 Å². The van der Waals surface area contributed by atoms with Crippen LogP contribution in [-0.2, 0) is 0 Å². The quantitative estimate of drug-likeness (QED) is 0.898. The van der Waals surface area contributed by atoms with Gasteiger partial charge in [0.1, 0.15) is 5.56 Å². The highest BCUT2D eigenvalue weighted by molar-refractivity contribution is 5.88. The van der Waals surface area contributed by atoms with E-state index in [0.29, 0.717) is 5.92 Å². The summed E-state index contributed by atoms with van der Waals surface area (Å²) in [5, 5.41) is 8.90. The Bertz CT molecular complexity index is 451. The Balaban J connectivity index is 2.27. The zero-order valence-corrected chi connectivity index (χ0v) is 10.4. The van der Waals surface area contributed by atoms with Gasteiger partial charge in [-0.25, -0.2) is 14.2 Å². The van der Waals surface area contributed by atoms with Crippen molar-refractivity contribution in [2.24, 2.45) is 5.92 Å². The lowest BCUT2D eigenvalue weighted by Crippen LogP contribution is -2.36. The molecule has 2 heterocycles. The molecule has 1 aliphatic rings. The highest BCUT2D eigenvalue weighted by Gasteiger charge is 2.24. The molecule has 0 bridgehead atoms. The van der Waals surface area contributed by atoms with Crippen molar-refractivity contribution < 1.29 is 14.3 Å². The van der Waals surface area contributed by atoms with Crippen molar-refractivity contribution >= 4 is 11.8 Å². The maximum atomic E-state index is 14.1. The number of hydrogen-bond acceptors (Lipinski definition) is 3. The van der Waals surface area contributed by atoms with Gasteiger partial charge in [0.05, 0.1) is 0 Å². The number of halogens is 1. The van der Waals surface area contributed by atoms with E-state index in [1.54, 1.807) is 0 Å². The average molecular weight is 252 g/mol. The van der Waals surface area contributed by atoms with Crippen molar-refractivity contribution in [3.8, 4) is 0 Å². The fourth-order valence-electron chi connectivity index (χ4n) is 2.41. The van der Waals surface area contributed by atoms with Gasteiger partial charge in [0.15, 0.2) is 11.6 Å². The summed E-state index contributed by atoms with van der Waals surface area (Å²) >= 11 is 0. The van der Waals surface area contributed by atoms with Gasteiger partial charge in [-0.3, -0.25) is 0 Å². The fourth-order valence-corrected chi connectivity index (χ4v) is 2.41. The number of aromatic carboxylic acids is 1. The summed E-state index contributed by atoms with van der Waals surface area (Å²) in [7, 11) is 0. The van der Waals surface area contributed by atoms with Gasteiger partial charge in [0.25, 0.3) is 0 Å². The Morgan fingerprint density at radius 1 is 1.67 bits per heavy atom. The van der Waals surface area contributed by atoms with Gasteiger partial charge < -0.3 is 10.0 Å². The van der Waals surface area contributed by atoms with Crippen LogP contribution in [0, 0.1) is 11.7 Å². The summed E-state index contributed by atoms with van der Waals surface area (Å²) < 4.78 is 14.1. The van der Waals surface area contributed by atoms with Crippen molar-refractivity contribution in [3.05, 3.63) is 23.6 Å². The third-order valence-electron chi connectivity index (χ3n) is 3.50. The summed E-state index contributed by atoms with van der Waals surface area (Å²) in [4.78, 5) is 16.8. The molecule has 5 heteroatoms. The molecule has 1 unspecified atom stereocenters. The Morgan fingerprint density at radius 2 is 2.44 bits per heavy atom. The van der Waals surface area contributed by atoms with Gasteiger partial charge in [-0.15, -0.1) is 0 Å². The van der Waals surface area contributed by atoms with Crippen LogP contribution in [0.4, 0.5) is 10.2 Å². The lowest BCUT2D eigenvalue weighted by atomic mass is 9.95. The number of carboxylic acids is 1. The second-order valence-corrected chi connectivity index (χ2v) is 4.66. The van der Waals surface area contributed by atoms with E-state index in [0.717, 1.165) is 32.4 Å². The summed E-state index contributed by atoms with van der Waals surface area (Å²) in [5.74, 6) is -1.26. The monoisotopic (exact) mass is 252 g/mol. The summed E-state index contributed by atoms with van der Waals surface area (Å²) in [5.41, 5.74) is -0.307. The standard InChI is InChI=1S/C13H17FN2O2/c1-2-9-4-3-7-16(8-9)12-11(14)10(13(17)18)5-6-15-12/h5-6,9H,2-4,7-8H2,1H3,(H,17,18). The molecular formula is C13H17FN2O2. The van der Waals surface area contributed by atoms with E-state index in [2.05, 4.69) is 11.9 Å². The fraction of sp³-hybridized carbons (Fsp3) is 0.538. The van der Waals surface area contributed by atoms with Crippen LogP contribution in [0.2, 0.25) is 0 Å². The molecule has 4 nitrogen and oxygen atoms in total. The number of carboxylic acid groups (broad SMARTS) is 1. The second-order valence-electron chi connectivity index (χ2n) is 4.66. The van der Waals surface area contributed by atoms with Crippen LogP contribution in [0.5, 0.6) is 0 Å². The number of aromatic nitrogens is 1. The molecule has 0 aromatic carbocycles. The number of anilines is 1. The third kappa shape index (κ3) is 2.44. The predicted molar refractivity (Wildman–Crippen MR) is 66.4 cm³/mol. The normalized spacial score (nSPS) is 19.9. The van der Waals surface area contributed by atoms with Crippen LogP contribution < -0.4 is 4.90 Å². The van der Waals surface area contributed by atoms with Gasteiger partial charge in [-0.05, 0) is 24.8 Å². The second kappa shape index (κ2) is 5.33. The Labute approximate surface area is 105 Å². The molecule has 1 aromatic rings. The minimum absolute atomic E-state index is 0.174. The lowest BCUT2D eigenvalue weighted by Gasteiger charge is -2.33. The molecule has 1 N–H and O–H groups in total. The molecule has 1 atom stereocenters. The number of hydrogen-bond donors (Lipinski definition) is 1. The van der Waals surface area contributed by atoms with E-state index in [4.69, 9.17) is 5.11 Å². The van der Waals surface area contributed by atoms with Crippen molar-refractivity contribution in [2.75, 3.05) is 18.0 Å². The molecule has 0 amide bonds. The Hall–Kier alpha value is -1.65. The van der Waals surface area contributed by atoms with Crippen LogP contribution in [-0.4, -0.2) is 29.1 Å². The molecule has 2 rings (SSSR count). The maximum absolute atomic E-state index is 14.1. The molecule has 98 valence electrons. The van der Waals surface area contributed by atoms with E-state index in [-0.39, 0.29) is 11.4 Å². The first-order chi connectivity index (χ1) is 8.63. The van der Waals surface area contributed by atoms with Crippen LogP contribution in [0.15, 0.2) is 12.3 Å². The SMILES string of the molecule is CCC1CCCN(c2nccc(C(=O)O)c2F)C1. The minimum atomic E-state index is -1.25. The minimum Gasteiger partial charge on any atom is -0.478 e. The molecule has 1 saturated heterocycles. The molecule has 0 saturated carbocycles. The predicted octanol–water partition coefficient (Wildman–Crippen LogP) is 2.55. The summed E-state index contributed by atoms with van der Waals surface area (Å²) in [6.45, 7) is 3.61. The molecule has 1 aromatic heterocycles. The van der Waals surface area contributed by atoms with E-state index in [1.165, 1.54) is 12.3 Å². The van der Waals surface area contributed by atoms with Crippen molar-refractivity contribution in [1.29, 1.82) is 0 Å². The van der Waals surface area contributed by atoms with Crippen molar-refractivity contribution in [1.82, 2.24) is 4.98 Å². The van der Waals surface area contributed by atoms with Gasteiger partial charge in [-0.2, -0.15) is 0 Å².